The van der Waals surface area contributed by atoms with Crippen LogP contribution in [0.3, 0.4) is 0 Å². The van der Waals surface area contributed by atoms with E-state index < -0.39 is 15.6 Å². The summed E-state index contributed by atoms with van der Waals surface area (Å²) in [6.45, 7) is 2.18. The third-order valence-electron chi connectivity index (χ3n) is 2.92. The van der Waals surface area contributed by atoms with E-state index in [4.69, 9.17) is 0 Å². The Morgan fingerprint density at radius 3 is 2.62 bits per heavy atom. The molecule has 0 atom stereocenters. The minimum Gasteiger partial charge on any atom is -0.387 e. The highest BCUT2D eigenvalue weighted by Crippen LogP contribution is 2.29. The van der Waals surface area contributed by atoms with E-state index in [1.807, 2.05) is 6.92 Å². The van der Waals surface area contributed by atoms with Gasteiger partial charge in [-0.15, -0.1) is 0 Å². The molecule has 7 heteroatoms. The van der Waals surface area contributed by atoms with Crippen LogP contribution in [0.1, 0.15) is 13.3 Å². The van der Waals surface area contributed by atoms with Gasteiger partial charge in [0.1, 0.15) is 4.90 Å². The Balaban J connectivity index is 2.17. The molecule has 0 radical (unpaired) electrons. The molecule has 0 bridgehead atoms. The van der Waals surface area contributed by atoms with Gasteiger partial charge in [0.2, 0.25) is 10.0 Å². The quantitative estimate of drug-likeness (QED) is 0.783. The van der Waals surface area contributed by atoms with Gasteiger partial charge in [-0.3, -0.25) is 4.68 Å². The fourth-order valence-corrected chi connectivity index (χ4v) is 3.27. The molecule has 90 valence electrons. The Labute approximate surface area is 94.5 Å². The van der Waals surface area contributed by atoms with Crippen LogP contribution in [-0.4, -0.2) is 46.3 Å². The lowest BCUT2D eigenvalue weighted by Gasteiger charge is -2.44. The molecule has 0 unspecified atom stereocenters. The fraction of sp³-hybridized carbons (Fsp3) is 0.667. The summed E-state index contributed by atoms with van der Waals surface area (Å²) >= 11 is 0. The van der Waals surface area contributed by atoms with Gasteiger partial charge in [-0.2, -0.15) is 9.40 Å². The fourth-order valence-electron chi connectivity index (χ4n) is 1.68. The maximum atomic E-state index is 12.0. The van der Waals surface area contributed by atoms with E-state index in [0.29, 0.717) is 6.42 Å². The number of aliphatic hydroxyl groups is 1. The lowest BCUT2D eigenvalue weighted by atomic mass is 9.94. The highest BCUT2D eigenvalue weighted by molar-refractivity contribution is 7.89. The third-order valence-corrected chi connectivity index (χ3v) is 4.66. The molecular formula is C9H15N3O3S. The Kier molecular flexibility index (Phi) is 2.56. The Morgan fingerprint density at radius 1 is 1.56 bits per heavy atom. The van der Waals surface area contributed by atoms with Crippen LogP contribution < -0.4 is 0 Å². The van der Waals surface area contributed by atoms with Crippen molar-refractivity contribution in [2.75, 3.05) is 13.1 Å². The summed E-state index contributed by atoms with van der Waals surface area (Å²) in [5.74, 6) is 0. The second-order valence-corrected chi connectivity index (χ2v) is 6.14. The first-order valence-corrected chi connectivity index (χ1v) is 6.52. The highest BCUT2D eigenvalue weighted by atomic mass is 32.2. The van der Waals surface area contributed by atoms with Crippen molar-refractivity contribution in [3.8, 4) is 0 Å². The molecule has 1 aromatic heterocycles. The molecule has 1 N–H and O–H groups in total. The van der Waals surface area contributed by atoms with Crippen molar-refractivity contribution in [1.82, 2.24) is 14.1 Å². The second-order valence-electron chi connectivity index (χ2n) is 4.20. The van der Waals surface area contributed by atoms with E-state index in [0.717, 1.165) is 0 Å². The topological polar surface area (TPSA) is 75.4 Å². The molecule has 2 heterocycles. The highest BCUT2D eigenvalue weighted by Gasteiger charge is 2.46. The molecule has 1 fully saturated rings. The first kappa shape index (κ1) is 11.6. The summed E-state index contributed by atoms with van der Waals surface area (Å²) in [4.78, 5) is 0.174. The summed E-state index contributed by atoms with van der Waals surface area (Å²) < 4.78 is 26.7. The second kappa shape index (κ2) is 3.54. The standard InChI is InChI=1S/C9H15N3O3S/c1-3-9(13)6-12(7-9)16(14,15)8-4-10-11(2)5-8/h4-5,13H,3,6-7H2,1-2H3. The van der Waals surface area contributed by atoms with Crippen molar-refractivity contribution in [2.24, 2.45) is 7.05 Å². The van der Waals surface area contributed by atoms with Gasteiger partial charge in [0.25, 0.3) is 0 Å². The lowest BCUT2D eigenvalue weighted by molar-refractivity contribution is -0.0613. The molecule has 0 aromatic carbocycles. The number of aryl methyl sites for hydroxylation is 1. The third kappa shape index (κ3) is 1.74. The van der Waals surface area contributed by atoms with Gasteiger partial charge in [0, 0.05) is 26.3 Å². The number of aromatic nitrogens is 2. The van der Waals surface area contributed by atoms with E-state index >= 15 is 0 Å². The van der Waals surface area contributed by atoms with E-state index in [1.165, 1.54) is 21.4 Å². The molecule has 0 spiro atoms. The number of nitrogens with zero attached hydrogens (tertiary/aromatic N) is 3. The molecule has 16 heavy (non-hydrogen) atoms. The molecule has 2 rings (SSSR count). The number of rotatable bonds is 3. The summed E-state index contributed by atoms with van der Waals surface area (Å²) in [6.07, 6.45) is 3.34. The van der Waals surface area contributed by atoms with Crippen LogP contribution in [0.25, 0.3) is 0 Å². The van der Waals surface area contributed by atoms with E-state index in [9.17, 15) is 13.5 Å². The maximum absolute atomic E-state index is 12.0. The average Bonchev–Trinajstić information content (AvgIpc) is 2.60. The molecule has 0 amide bonds. The van der Waals surface area contributed by atoms with Gasteiger partial charge < -0.3 is 5.11 Å². The Hall–Kier alpha value is -0.920. The van der Waals surface area contributed by atoms with Crippen molar-refractivity contribution in [3.63, 3.8) is 0 Å². The van der Waals surface area contributed by atoms with Crippen molar-refractivity contribution < 1.29 is 13.5 Å². The first-order chi connectivity index (χ1) is 7.37. The van der Waals surface area contributed by atoms with Crippen LogP contribution in [0.15, 0.2) is 17.3 Å². The van der Waals surface area contributed by atoms with Crippen molar-refractivity contribution in [1.29, 1.82) is 0 Å². The zero-order chi connectivity index (χ0) is 12.0. The maximum Gasteiger partial charge on any atom is 0.246 e. The van der Waals surface area contributed by atoms with E-state index in [-0.39, 0.29) is 18.0 Å². The molecule has 1 aliphatic rings. The zero-order valence-electron chi connectivity index (χ0n) is 9.29. The monoisotopic (exact) mass is 245 g/mol. The van der Waals surface area contributed by atoms with Gasteiger partial charge in [0.05, 0.1) is 11.8 Å². The molecule has 6 nitrogen and oxygen atoms in total. The van der Waals surface area contributed by atoms with Gasteiger partial charge in [0.15, 0.2) is 0 Å². The van der Waals surface area contributed by atoms with Crippen LogP contribution in [0.4, 0.5) is 0 Å². The van der Waals surface area contributed by atoms with Crippen LogP contribution in [0.5, 0.6) is 0 Å². The minimum atomic E-state index is -3.47. The predicted molar refractivity (Wildman–Crippen MR) is 57.2 cm³/mol. The molecule has 1 aliphatic heterocycles. The van der Waals surface area contributed by atoms with Gasteiger partial charge in [-0.1, -0.05) is 6.92 Å². The largest absolute Gasteiger partial charge is 0.387 e. The van der Waals surface area contributed by atoms with Crippen molar-refractivity contribution in [2.45, 2.75) is 23.8 Å². The Morgan fingerprint density at radius 2 is 2.19 bits per heavy atom. The molecular weight excluding hydrogens is 230 g/mol. The van der Waals surface area contributed by atoms with Crippen LogP contribution in [-0.2, 0) is 17.1 Å². The summed E-state index contributed by atoms with van der Waals surface area (Å²) in [5.41, 5.74) is -0.852. The summed E-state index contributed by atoms with van der Waals surface area (Å²) in [6, 6.07) is 0. The van der Waals surface area contributed by atoms with Crippen LogP contribution in [0, 0.1) is 0 Å². The summed E-state index contributed by atoms with van der Waals surface area (Å²) in [7, 11) is -1.81. The van der Waals surface area contributed by atoms with Gasteiger partial charge >= 0.3 is 0 Å². The smallest absolute Gasteiger partial charge is 0.246 e. The van der Waals surface area contributed by atoms with Crippen LogP contribution in [0.2, 0.25) is 0 Å². The lowest BCUT2D eigenvalue weighted by Crippen LogP contribution is -2.62. The molecule has 0 saturated carbocycles. The number of hydrogen-bond acceptors (Lipinski definition) is 4. The zero-order valence-corrected chi connectivity index (χ0v) is 10.1. The molecule has 1 aromatic rings. The summed E-state index contributed by atoms with van der Waals surface area (Å²) in [5, 5.41) is 13.6. The number of β-amino-alcohol motifs (C(OH)–C–C–N with tert-alkyl or cyclic N) is 1. The SMILES string of the molecule is CCC1(O)CN(S(=O)(=O)c2cnn(C)c2)C1. The van der Waals surface area contributed by atoms with Crippen molar-refractivity contribution in [3.05, 3.63) is 12.4 Å². The van der Waals surface area contributed by atoms with E-state index in [1.54, 1.807) is 7.05 Å². The molecule has 0 aliphatic carbocycles. The Bertz CT molecular complexity index is 488. The molecule has 1 saturated heterocycles. The number of sulfonamides is 1. The van der Waals surface area contributed by atoms with Gasteiger partial charge in [-0.25, -0.2) is 8.42 Å². The van der Waals surface area contributed by atoms with Crippen LogP contribution >= 0.6 is 0 Å². The van der Waals surface area contributed by atoms with Gasteiger partial charge in [-0.05, 0) is 6.42 Å². The average molecular weight is 245 g/mol. The predicted octanol–water partition coefficient (Wildman–Crippen LogP) is -0.435. The van der Waals surface area contributed by atoms with E-state index in [2.05, 4.69) is 5.10 Å². The van der Waals surface area contributed by atoms with Crippen molar-refractivity contribution >= 4 is 10.0 Å². The first-order valence-electron chi connectivity index (χ1n) is 5.08. The number of hydrogen-bond donors (Lipinski definition) is 1. The minimum absolute atomic E-state index is 0.167. The normalized spacial score (nSPS) is 20.7.